The molecule has 4 rings (SSSR count). The molecule has 0 saturated carbocycles. The fraction of sp³-hybridized carbons (Fsp3) is 0. The van der Waals surface area contributed by atoms with Gasteiger partial charge in [-0.25, -0.2) is 8.42 Å². The van der Waals surface area contributed by atoms with Crippen molar-refractivity contribution in [3.8, 4) is 11.5 Å². The minimum absolute atomic E-state index is 0.209. The van der Waals surface area contributed by atoms with E-state index in [9.17, 15) is 8.42 Å². The summed E-state index contributed by atoms with van der Waals surface area (Å²) < 4.78 is 30.8. The van der Waals surface area contributed by atoms with Gasteiger partial charge in [0.25, 0.3) is 0 Å². The third-order valence-electron chi connectivity index (χ3n) is 3.27. The minimum atomic E-state index is -3.52. The van der Waals surface area contributed by atoms with Gasteiger partial charge in [-0.15, -0.1) is 0 Å². The molecule has 5 heteroatoms. The predicted molar refractivity (Wildman–Crippen MR) is 70.3 cm³/mol. The second kappa shape index (κ2) is 3.39. The topological polar surface area (TPSA) is 59.2 Å². The number of rotatable bonds is 0. The van der Waals surface area contributed by atoms with Crippen molar-refractivity contribution >= 4 is 20.7 Å². The van der Waals surface area contributed by atoms with Crippen LogP contribution in [0, 0.1) is 0 Å². The highest BCUT2D eigenvalue weighted by Crippen LogP contribution is 2.43. The Morgan fingerprint density at radius 1 is 0.947 bits per heavy atom. The number of nitrogens with one attached hydrogen (secondary N) is 1. The van der Waals surface area contributed by atoms with E-state index in [1.807, 2.05) is 6.07 Å². The van der Waals surface area contributed by atoms with Crippen LogP contribution in [0.2, 0.25) is 0 Å². The number of hydrogen-bond acceptors (Lipinski definition) is 3. The summed E-state index contributed by atoms with van der Waals surface area (Å²) >= 11 is 0. The fourth-order valence-electron chi connectivity index (χ4n) is 2.34. The highest BCUT2D eigenvalue weighted by molar-refractivity contribution is 7.91. The third kappa shape index (κ3) is 1.36. The van der Waals surface area contributed by atoms with Crippen LogP contribution >= 0.6 is 0 Å². The van der Waals surface area contributed by atoms with Crippen LogP contribution in [0.4, 0.5) is 0 Å². The molecular weight excluding hydrogens is 262 g/mol. The Labute approximate surface area is 109 Å². The van der Waals surface area contributed by atoms with Crippen molar-refractivity contribution in [2.45, 2.75) is 9.79 Å². The normalized spacial score (nSPS) is 15.6. The predicted octanol–water partition coefficient (Wildman–Crippen LogP) is 3.11. The van der Waals surface area contributed by atoms with Gasteiger partial charge in [0.2, 0.25) is 9.84 Å². The van der Waals surface area contributed by atoms with Crippen molar-refractivity contribution in [2.24, 2.45) is 0 Å². The largest absolute Gasteiger partial charge is 0.455 e. The van der Waals surface area contributed by atoms with E-state index in [1.165, 1.54) is 0 Å². The van der Waals surface area contributed by atoms with Gasteiger partial charge in [0.05, 0.1) is 0 Å². The lowest BCUT2D eigenvalue weighted by Gasteiger charge is -2.20. The summed E-state index contributed by atoms with van der Waals surface area (Å²) in [6.45, 7) is 0. The van der Waals surface area contributed by atoms with Crippen molar-refractivity contribution in [2.75, 3.05) is 0 Å². The maximum Gasteiger partial charge on any atom is 0.214 e. The number of fused-ring (bicyclic) bond motifs is 3. The molecule has 1 aromatic heterocycles. The van der Waals surface area contributed by atoms with Crippen molar-refractivity contribution < 1.29 is 13.2 Å². The maximum absolute atomic E-state index is 12.6. The Morgan fingerprint density at radius 2 is 1.79 bits per heavy atom. The van der Waals surface area contributed by atoms with E-state index in [0.717, 1.165) is 10.9 Å². The van der Waals surface area contributed by atoms with Gasteiger partial charge in [-0.05, 0) is 30.3 Å². The first kappa shape index (κ1) is 10.6. The van der Waals surface area contributed by atoms with E-state index in [1.54, 1.807) is 42.6 Å². The van der Waals surface area contributed by atoms with Gasteiger partial charge in [-0.1, -0.05) is 12.1 Å². The maximum atomic E-state index is 12.6. The highest BCUT2D eigenvalue weighted by Gasteiger charge is 2.31. The lowest BCUT2D eigenvalue weighted by molar-refractivity contribution is 0.444. The molecule has 4 nitrogen and oxygen atoms in total. The Morgan fingerprint density at radius 3 is 2.68 bits per heavy atom. The van der Waals surface area contributed by atoms with Gasteiger partial charge in [0.1, 0.15) is 21.3 Å². The first-order valence-electron chi connectivity index (χ1n) is 5.79. The zero-order valence-corrected chi connectivity index (χ0v) is 10.6. The molecule has 2 aromatic carbocycles. The number of ether oxygens (including phenoxy) is 1. The molecule has 1 aliphatic heterocycles. The molecule has 0 bridgehead atoms. The lowest BCUT2D eigenvalue weighted by atomic mass is 10.2. The standard InChI is InChI=1S/C14H9NO3S/c16-19(17)13-4-2-1-3-11(13)18-12-7-9-5-6-15-10(9)8-14(12)19/h1-8,15H. The Bertz CT molecular complexity index is 909. The third-order valence-corrected chi connectivity index (χ3v) is 5.08. The Hall–Kier alpha value is -2.27. The zero-order chi connectivity index (χ0) is 13.0. The quantitative estimate of drug-likeness (QED) is 0.534. The van der Waals surface area contributed by atoms with Crippen LogP contribution < -0.4 is 4.74 Å². The summed E-state index contributed by atoms with van der Waals surface area (Å²) in [6.07, 6.45) is 1.77. The average Bonchev–Trinajstić information content (AvgIpc) is 2.84. The number of hydrogen-bond donors (Lipinski definition) is 1. The molecule has 1 N–H and O–H groups in total. The summed E-state index contributed by atoms with van der Waals surface area (Å²) in [5, 5.41) is 0.924. The van der Waals surface area contributed by atoms with Crippen LogP contribution in [0.3, 0.4) is 0 Å². The molecule has 3 aromatic rings. The molecule has 0 fully saturated rings. The van der Waals surface area contributed by atoms with Gasteiger partial charge in [0.15, 0.2) is 0 Å². The summed E-state index contributed by atoms with van der Waals surface area (Å²) in [7, 11) is -3.52. The van der Waals surface area contributed by atoms with Crippen molar-refractivity contribution in [1.29, 1.82) is 0 Å². The Balaban J connectivity index is 2.11. The molecule has 94 valence electrons. The molecule has 0 radical (unpaired) electrons. The highest BCUT2D eigenvalue weighted by atomic mass is 32.2. The van der Waals surface area contributed by atoms with Gasteiger partial charge in [-0.2, -0.15) is 0 Å². The Kier molecular flexibility index (Phi) is 1.90. The molecule has 0 saturated heterocycles. The van der Waals surface area contributed by atoms with E-state index in [2.05, 4.69) is 4.98 Å². The van der Waals surface area contributed by atoms with Crippen LogP contribution in [0.5, 0.6) is 11.5 Å². The fourth-order valence-corrected chi connectivity index (χ4v) is 3.85. The van der Waals surface area contributed by atoms with E-state index in [4.69, 9.17) is 4.74 Å². The summed E-state index contributed by atoms with van der Waals surface area (Å²) in [5.74, 6) is 0.760. The number of benzene rings is 2. The van der Waals surface area contributed by atoms with Gasteiger partial charge in [0, 0.05) is 17.1 Å². The van der Waals surface area contributed by atoms with Crippen LogP contribution in [0.15, 0.2) is 58.5 Å². The number of aromatic amines is 1. The SMILES string of the molecule is O=S1(=O)c2ccccc2Oc2cc3cc[nH]c3cc21. The average molecular weight is 271 g/mol. The summed E-state index contributed by atoms with van der Waals surface area (Å²) in [4.78, 5) is 3.44. The molecule has 0 aliphatic carbocycles. The number of sulfone groups is 1. The molecule has 0 spiro atoms. The molecule has 0 atom stereocenters. The van der Waals surface area contributed by atoms with Crippen LogP contribution in [-0.2, 0) is 9.84 Å². The monoisotopic (exact) mass is 271 g/mol. The van der Waals surface area contributed by atoms with Crippen LogP contribution in [-0.4, -0.2) is 13.4 Å². The minimum Gasteiger partial charge on any atom is -0.455 e. The van der Waals surface area contributed by atoms with Gasteiger partial charge in [-0.3, -0.25) is 0 Å². The lowest BCUT2D eigenvalue weighted by Crippen LogP contribution is -2.10. The second-order valence-electron chi connectivity index (χ2n) is 4.42. The van der Waals surface area contributed by atoms with Gasteiger partial charge < -0.3 is 9.72 Å². The van der Waals surface area contributed by atoms with E-state index in [-0.39, 0.29) is 9.79 Å². The molecular formula is C14H9NO3S. The van der Waals surface area contributed by atoms with Crippen LogP contribution in [0.25, 0.3) is 10.9 Å². The number of aromatic nitrogens is 1. The zero-order valence-electron chi connectivity index (χ0n) is 9.75. The molecule has 19 heavy (non-hydrogen) atoms. The molecule has 0 amide bonds. The van der Waals surface area contributed by atoms with Crippen molar-refractivity contribution in [1.82, 2.24) is 4.98 Å². The van der Waals surface area contributed by atoms with Crippen LogP contribution in [0.1, 0.15) is 0 Å². The van der Waals surface area contributed by atoms with E-state index < -0.39 is 9.84 Å². The first-order chi connectivity index (χ1) is 9.16. The second-order valence-corrected chi connectivity index (χ2v) is 6.30. The molecule has 2 heterocycles. The summed E-state index contributed by atoms with van der Waals surface area (Å²) in [5.41, 5.74) is 0.783. The van der Waals surface area contributed by atoms with Crippen molar-refractivity contribution in [3.05, 3.63) is 48.7 Å². The smallest absolute Gasteiger partial charge is 0.214 e. The van der Waals surface area contributed by atoms with Crippen molar-refractivity contribution in [3.63, 3.8) is 0 Å². The first-order valence-corrected chi connectivity index (χ1v) is 7.28. The molecule has 1 aliphatic rings. The van der Waals surface area contributed by atoms with E-state index in [0.29, 0.717) is 11.5 Å². The summed E-state index contributed by atoms with van der Waals surface area (Å²) in [6, 6.07) is 11.9. The number of H-pyrrole nitrogens is 1. The number of para-hydroxylation sites is 1. The van der Waals surface area contributed by atoms with Gasteiger partial charge >= 0.3 is 0 Å². The molecule has 0 unspecified atom stereocenters. The van der Waals surface area contributed by atoms with E-state index >= 15 is 0 Å².